The highest BCUT2D eigenvalue weighted by molar-refractivity contribution is 5.99. The Balaban J connectivity index is 2.24. The number of nitrogens with zero attached hydrogens (tertiary/aromatic N) is 2. The van der Waals surface area contributed by atoms with Crippen LogP contribution in [0.5, 0.6) is 0 Å². The lowest BCUT2D eigenvalue weighted by Crippen LogP contribution is -2.28. The number of ether oxygens (including phenoxy) is 2. The standard InChI is InChI=1S/C12H20N4O4/c1-19-12(18)9-10(13)16(4-5-17)15-11(9)14-8-2-6-20-7-3-8/h8,17H,2-7,13H2,1H3,(H,14,15). The number of rotatable bonds is 5. The Morgan fingerprint density at radius 1 is 1.60 bits per heavy atom. The number of aliphatic hydroxyl groups is 1. The lowest BCUT2D eigenvalue weighted by atomic mass is 10.1. The third-order valence-corrected chi connectivity index (χ3v) is 3.26. The summed E-state index contributed by atoms with van der Waals surface area (Å²) in [5.74, 6) is 0.0522. The zero-order valence-electron chi connectivity index (χ0n) is 11.5. The number of carbonyl (C=O) groups is 1. The SMILES string of the molecule is COC(=O)c1c(NC2CCOCC2)nn(CCO)c1N. The second-order valence-corrected chi connectivity index (χ2v) is 4.58. The van der Waals surface area contributed by atoms with E-state index in [9.17, 15) is 4.79 Å². The van der Waals surface area contributed by atoms with Gasteiger partial charge in [-0.3, -0.25) is 0 Å². The van der Waals surface area contributed by atoms with E-state index in [1.54, 1.807) is 0 Å². The van der Waals surface area contributed by atoms with Crippen LogP contribution in [0.4, 0.5) is 11.6 Å². The van der Waals surface area contributed by atoms with E-state index in [1.165, 1.54) is 11.8 Å². The van der Waals surface area contributed by atoms with Crippen LogP contribution in [0.15, 0.2) is 0 Å². The number of nitrogen functional groups attached to an aromatic ring is 1. The third-order valence-electron chi connectivity index (χ3n) is 3.26. The van der Waals surface area contributed by atoms with Gasteiger partial charge in [-0.2, -0.15) is 5.10 Å². The van der Waals surface area contributed by atoms with Crippen LogP contribution >= 0.6 is 0 Å². The molecule has 4 N–H and O–H groups in total. The molecule has 1 aliphatic rings. The first kappa shape index (κ1) is 14.6. The number of nitrogens with one attached hydrogen (secondary N) is 1. The maximum absolute atomic E-state index is 11.8. The molecule has 0 atom stereocenters. The predicted octanol–water partition coefficient (Wildman–Crippen LogP) is -0.165. The van der Waals surface area contributed by atoms with Crippen molar-refractivity contribution in [2.75, 3.05) is 38.0 Å². The first-order valence-corrected chi connectivity index (χ1v) is 6.57. The van der Waals surface area contributed by atoms with Crippen LogP contribution in [-0.2, 0) is 16.0 Å². The summed E-state index contributed by atoms with van der Waals surface area (Å²) < 4.78 is 11.4. The first-order valence-electron chi connectivity index (χ1n) is 6.57. The topological polar surface area (TPSA) is 112 Å². The highest BCUT2D eigenvalue weighted by Gasteiger charge is 2.25. The monoisotopic (exact) mass is 284 g/mol. The number of anilines is 2. The molecule has 1 aromatic heterocycles. The van der Waals surface area contributed by atoms with Crippen molar-refractivity contribution in [2.24, 2.45) is 0 Å². The van der Waals surface area contributed by atoms with E-state index in [0.29, 0.717) is 19.0 Å². The van der Waals surface area contributed by atoms with Gasteiger partial charge in [0, 0.05) is 19.3 Å². The van der Waals surface area contributed by atoms with Crippen LogP contribution < -0.4 is 11.1 Å². The molecule has 0 aliphatic carbocycles. The number of nitrogens with two attached hydrogens (primary N) is 1. The maximum atomic E-state index is 11.8. The highest BCUT2D eigenvalue weighted by Crippen LogP contribution is 2.24. The van der Waals surface area contributed by atoms with Crippen molar-refractivity contribution in [3.8, 4) is 0 Å². The van der Waals surface area contributed by atoms with Gasteiger partial charge in [0.15, 0.2) is 5.82 Å². The average Bonchev–Trinajstić information content (AvgIpc) is 2.76. The number of esters is 1. The minimum absolute atomic E-state index is 0.108. The third kappa shape index (κ3) is 3.02. The Labute approximate surface area is 116 Å². The second-order valence-electron chi connectivity index (χ2n) is 4.58. The lowest BCUT2D eigenvalue weighted by molar-refractivity contribution is 0.0602. The summed E-state index contributed by atoms with van der Waals surface area (Å²) in [5.41, 5.74) is 6.11. The fourth-order valence-electron chi connectivity index (χ4n) is 2.18. The molecule has 1 fully saturated rings. The Morgan fingerprint density at radius 3 is 2.90 bits per heavy atom. The number of hydrogen-bond acceptors (Lipinski definition) is 7. The first-order chi connectivity index (χ1) is 9.67. The summed E-state index contributed by atoms with van der Waals surface area (Å²) in [5, 5.41) is 16.4. The fourth-order valence-corrected chi connectivity index (χ4v) is 2.18. The molecule has 1 aliphatic heterocycles. The van der Waals surface area contributed by atoms with Crippen LogP contribution in [-0.4, -0.2) is 53.8 Å². The zero-order chi connectivity index (χ0) is 14.5. The van der Waals surface area contributed by atoms with E-state index in [4.69, 9.17) is 20.3 Å². The Morgan fingerprint density at radius 2 is 2.30 bits per heavy atom. The number of aliphatic hydroxyl groups excluding tert-OH is 1. The summed E-state index contributed by atoms with van der Waals surface area (Å²) in [6.45, 7) is 1.48. The molecule has 0 bridgehead atoms. The van der Waals surface area contributed by atoms with E-state index in [0.717, 1.165) is 12.8 Å². The molecule has 0 saturated carbocycles. The van der Waals surface area contributed by atoms with Gasteiger partial charge in [-0.15, -0.1) is 0 Å². The number of hydrogen-bond donors (Lipinski definition) is 3. The molecule has 2 heterocycles. The van der Waals surface area contributed by atoms with Crippen molar-refractivity contribution >= 4 is 17.6 Å². The van der Waals surface area contributed by atoms with E-state index in [-0.39, 0.29) is 30.6 Å². The average molecular weight is 284 g/mol. The minimum atomic E-state index is -0.541. The molecule has 8 nitrogen and oxygen atoms in total. The quantitative estimate of drug-likeness (QED) is 0.644. The van der Waals surface area contributed by atoms with Crippen LogP contribution in [0.3, 0.4) is 0 Å². The van der Waals surface area contributed by atoms with Crippen LogP contribution in [0.25, 0.3) is 0 Å². The lowest BCUT2D eigenvalue weighted by Gasteiger charge is -2.23. The van der Waals surface area contributed by atoms with Crippen molar-refractivity contribution in [1.82, 2.24) is 9.78 Å². The smallest absolute Gasteiger partial charge is 0.345 e. The normalized spacial score (nSPS) is 16.1. The van der Waals surface area contributed by atoms with Gasteiger partial charge < -0.3 is 25.6 Å². The number of aromatic nitrogens is 2. The molecule has 1 saturated heterocycles. The molecular weight excluding hydrogens is 264 g/mol. The molecule has 0 aromatic carbocycles. The molecule has 0 radical (unpaired) electrons. The van der Waals surface area contributed by atoms with E-state index >= 15 is 0 Å². The predicted molar refractivity (Wildman–Crippen MR) is 72.5 cm³/mol. The van der Waals surface area contributed by atoms with Gasteiger partial charge in [0.25, 0.3) is 0 Å². The van der Waals surface area contributed by atoms with E-state index in [2.05, 4.69) is 10.4 Å². The Hall–Kier alpha value is -1.80. The van der Waals surface area contributed by atoms with Gasteiger partial charge in [0.2, 0.25) is 0 Å². The summed E-state index contributed by atoms with van der Waals surface area (Å²) in [6.07, 6.45) is 1.68. The zero-order valence-corrected chi connectivity index (χ0v) is 11.5. The minimum Gasteiger partial charge on any atom is -0.465 e. The van der Waals surface area contributed by atoms with Crippen molar-refractivity contribution in [3.05, 3.63) is 5.56 Å². The van der Waals surface area contributed by atoms with Crippen molar-refractivity contribution < 1.29 is 19.4 Å². The second kappa shape index (κ2) is 6.58. The van der Waals surface area contributed by atoms with Gasteiger partial charge in [0.05, 0.1) is 20.3 Å². The summed E-state index contributed by atoms with van der Waals surface area (Å²) in [6, 6.07) is 0.184. The van der Waals surface area contributed by atoms with E-state index in [1.807, 2.05) is 0 Å². The number of methoxy groups -OCH3 is 1. The molecule has 2 rings (SSSR count). The molecule has 0 unspecified atom stereocenters. The Bertz CT molecular complexity index is 468. The molecule has 0 amide bonds. The molecule has 112 valence electrons. The van der Waals surface area contributed by atoms with Crippen LogP contribution in [0.2, 0.25) is 0 Å². The van der Waals surface area contributed by atoms with Gasteiger partial charge in [-0.25, -0.2) is 9.48 Å². The highest BCUT2D eigenvalue weighted by atomic mass is 16.5. The van der Waals surface area contributed by atoms with Crippen molar-refractivity contribution in [3.63, 3.8) is 0 Å². The van der Waals surface area contributed by atoms with Gasteiger partial charge >= 0.3 is 5.97 Å². The molecular formula is C12H20N4O4. The van der Waals surface area contributed by atoms with Crippen molar-refractivity contribution in [2.45, 2.75) is 25.4 Å². The summed E-state index contributed by atoms with van der Waals surface area (Å²) >= 11 is 0. The van der Waals surface area contributed by atoms with Crippen LogP contribution in [0.1, 0.15) is 23.2 Å². The maximum Gasteiger partial charge on any atom is 0.345 e. The largest absolute Gasteiger partial charge is 0.465 e. The van der Waals surface area contributed by atoms with E-state index < -0.39 is 5.97 Å². The fraction of sp³-hybridized carbons (Fsp3) is 0.667. The molecule has 1 aromatic rings. The molecule has 8 heteroatoms. The van der Waals surface area contributed by atoms with Gasteiger partial charge in [0.1, 0.15) is 11.4 Å². The van der Waals surface area contributed by atoms with Gasteiger partial charge in [-0.1, -0.05) is 0 Å². The molecule has 0 spiro atoms. The molecule has 20 heavy (non-hydrogen) atoms. The van der Waals surface area contributed by atoms with Crippen LogP contribution in [0, 0.1) is 0 Å². The van der Waals surface area contributed by atoms with Gasteiger partial charge in [-0.05, 0) is 12.8 Å². The summed E-state index contributed by atoms with van der Waals surface area (Å²) in [4.78, 5) is 11.8. The summed E-state index contributed by atoms with van der Waals surface area (Å²) in [7, 11) is 1.30. The Kier molecular flexibility index (Phi) is 4.80. The number of carbonyl (C=O) groups excluding carboxylic acids is 1. The van der Waals surface area contributed by atoms with Crippen molar-refractivity contribution in [1.29, 1.82) is 0 Å².